The molecule has 0 heterocycles. The summed E-state index contributed by atoms with van der Waals surface area (Å²) in [7, 11) is 0. The third kappa shape index (κ3) is 5.59. The van der Waals surface area contributed by atoms with Crippen molar-refractivity contribution in [2.45, 2.75) is 26.4 Å². The Labute approximate surface area is 192 Å². The molecule has 0 aliphatic carbocycles. The second-order valence-electron chi connectivity index (χ2n) is 8.37. The Morgan fingerprint density at radius 3 is 1.94 bits per heavy atom. The summed E-state index contributed by atoms with van der Waals surface area (Å²) in [4.78, 5) is 26.4. The van der Waals surface area contributed by atoms with E-state index >= 15 is 0 Å². The Kier molecular flexibility index (Phi) is 7.04. The zero-order chi connectivity index (χ0) is 25.2. The van der Waals surface area contributed by atoms with Crippen molar-refractivity contribution in [3.05, 3.63) is 89.2 Å². The number of amides is 1. The van der Waals surface area contributed by atoms with Crippen molar-refractivity contribution in [2.24, 2.45) is 0 Å². The second-order valence-corrected chi connectivity index (χ2v) is 8.37. The second kappa shape index (κ2) is 9.62. The number of carbonyl (C=O) groups excluding carboxylic acids is 2. The Hall–Kier alpha value is -3.75. The van der Waals surface area contributed by atoms with Gasteiger partial charge in [0.15, 0.2) is 0 Å². The standard InChI is InChI=1S/C25H20F5NO3/c1-25(2,3)34-21(32)13-31(24(33)23-17(27)8-5-9-18(23)28)16-7-4-6-14(10-16)22-19(29)11-15(26)12-20(22)30/h4-12H,13H2,1-3H3. The van der Waals surface area contributed by atoms with Crippen molar-refractivity contribution in [1.29, 1.82) is 0 Å². The van der Waals surface area contributed by atoms with Gasteiger partial charge in [-0.1, -0.05) is 18.2 Å². The maximum atomic E-state index is 14.3. The van der Waals surface area contributed by atoms with Crippen molar-refractivity contribution in [3.8, 4) is 11.1 Å². The molecule has 0 fully saturated rings. The minimum atomic E-state index is -1.21. The number of nitrogens with zero attached hydrogens (tertiary/aromatic N) is 1. The maximum absolute atomic E-state index is 14.3. The highest BCUT2D eigenvalue weighted by molar-refractivity contribution is 6.09. The van der Waals surface area contributed by atoms with Gasteiger partial charge in [0.1, 0.15) is 46.8 Å². The van der Waals surface area contributed by atoms with Crippen molar-refractivity contribution >= 4 is 17.6 Å². The van der Waals surface area contributed by atoms with Gasteiger partial charge in [-0.3, -0.25) is 14.5 Å². The van der Waals surface area contributed by atoms with Gasteiger partial charge in [-0.05, 0) is 50.6 Å². The molecule has 3 aromatic carbocycles. The number of esters is 1. The smallest absolute Gasteiger partial charge is 0.326 e. The molecule has 0 aliphatic heterocycles. The largest absolute Gasteiger partial charge is 0.459 e. The zero-order valence-electron chi connectivity index (χ0n) is 18.5. The van der Waals surface area contributed by atoms with Gasteiger partial charge in [0.05, 0.1) is 5.56 Å². The van der Waals surface area contributed by atoms with Crippen LogP contribution in [0.15, 0.2) is 54.6 Å². The van der Waals surface area contributed by atoms with Crippen molar-refractivity contribution in [1.82, 2.24) is 0 Å². The highest BCUT2D eigenvalue weighted by Gasteiger charge is 2.29. The Morgan fingerprint density at radius 2 is 1.38 bits per heavy atom. The molecule has 0 bridgehead atoms. The number of anilines is 1. The molecule has 0 radical (unpaired) electrons. The van der Waals surface area contributed by atoms with E-state index in [1.165, 1.54) is 18.2 Å². The first-order chi connectivity index (χ1) is 15.9. The summed E-state index contributed by atoms with van der Waals surface area (Å²) in [6.07, 6.45) is 0. The molecule has 34 heavy (non-hydrogen) atoms. The van der Waals surface area contributed by atoms with Crippen LogP contribution in [0.25, 0.3) is 11.1 Å². The number of halogens is 5. The van der Waals surface area contributed by atoms with Crippen LogP contribution in [0.3, 0.4) is 0 Å². The summed E-state index contributed by atoms with van der Waals surface area (Å²) in [5, 5.41) is 0. The van der Waals surface area contributed by atoms with E-state index < -0.39 is 64.2 Å². The van der Waals surface area contributed by atoms with Crippen LogP contribution >= 0.6 is 0 Å². The molecule has 0 spiro atoms. The van der Waals surface area contributed by atoms with E-state index in [1.807, 2.05) is 0 Å². The monoisotopic (exact) mass is 477 g/mol. The molecule has 9 heteroatoms. The number of carbonyl (C=O) groups is 2. The summed E-state index contributed by atoms with van der Waals surface area (Å²) in [5.74, 6) is -7.93. The van der Waals surface area contributed by atoms with Crippen LogP contribution in [0.5, 0.6) is 0 Å². The van der Waals surface area contributed by atoms with Crippen LogP contribution in [0.4, 0.5) is 27.6 Å². The molecular formula is C25H20F5NO3. The van der Waals surface area contributed by atoms with Gasteiger partial charge in [0.2, 0.25) is 0 Å². The van der Waals surface area contributed by atoms with E-state index in [0.717, 1.165) is 29.2 Å². The number of hydrogen-bond acceptors (Lipinski definition) is 3. The molecule has 4 nitrogen and oxygen atoms in total. The van der Waals surface area contributed by atoms with Gasteiger partial charge in [-0.2, -0.15) is 0 Å². The van der Waals surface area contributed by atoms with Gasteiger partial charge in [-0.15, -0.1) is 0 Å². The Balaban J connectivity index is 2.11. The van der Waals surface area contributed by atoms with Crippen molar-refractivity contribution in [2.75, 3.05) is 11.4 Å². The summed E-state index contributed by atoms with van der Waals surface area (Å²) in [6.45, 7) is 4.03. The first kappa shape index (κ1) is 24.9. The predicted octanol–water partition coefficient (Wildman–Crippen LogP) is 6.04. The molecule has 0 unspecified atom stereocenters. The molecular weight excluding hydrogens is 457 g/mol. The number of ether oxygens (including phenoxy) is 1. The van der Waals surface area contributed by atoms with Crippen LogP contribution in [-0.2, 0) is 9.53 Å². The van der Waals surface area contributed by atoms with Gasteiger partial charge in [-0.25, -0.2) is 22.0 Å². The minimum absolute atomic E-state index is 0.0940. The third-order valence-corrected chi connectivity index (χ3v) is 4.58. The van der Waals surface area contributed by atoms with Crippen molar-refractivity contribution in [3.63, 3.8) is 0 Å². The van der Waals surface area contributed by atoms with Gasteiger partial charge >= 0.3 is 5.97 Å². The zero-order valence-corrected chi connectivity index (χ0v) is 18.5. The highest BCUT2D eigenvalue weighted by Crippen LogP contribution is 2.31. The lowest BCUT2D eigenvalue weighted by Crippen LogP contribution is -2.39. The number of benzene rings is 3. The molecule has 0 aromatic heterocycles. The van der Waals surface area contributed by atoms with Crippen LogP contribution < -0.4 is 4.90 Å². The molecule has 3 rings (SSSR count). The number of hydrogen-bond donors (Lipinski definition) is 0. The Bertz CT molecular complexity index is 1210. The minimum Gasteiger partial charge on any atom is -0.459 e. The molecule has 1 amide bonds. The first-order valence-corrected chi connectivity index (χ1v) is 10.1. The normalized spacial score (nSPS) is 11.3. The van der Waals surface area contributed by atoms with Gasteiger partial charge in [0.25, 0.3) is 5.91 Å². The molecule has 0 atom stereocenters. The summed E-state index contributed by atoms with van der Waals surface area (Å²) < 4.78 is 75.9. The average Bonchev–Trinajstić information content (AvgIpc) is 2.70. The summed E-state index contributed by atoms with van der Waals surface area (Å²) >= 11 is 0. The van der Waals surface area contributed by atoms with Crippen LogP contribution in [0, 0.1) is 29.1 Å². The van der Waals surface area contributed by atoms with Gasteiger partial charge < -0.3 is 4.74 Å². The lowest BCUT2D eigenvalue weighted by molar-refractivity contribution is -0.152. The highest BCUT2D eigenvalue weighted by atomic mass is 19.2. The molecule has 3 aromatic rings. The SMILES string of the molecule is CC(C)(C)OC(=O)CN(C(=O)c1c(F)cccc1F)c1cccc(-c2c(F)cc(F)cc2F)c1. The lowest BCUT2D eigenvalue weighted by Gasteiger charge is -2.26. The lowest BCUT2D eigenvalue weighted by atomic mass is 10.0. The summed E-state index contributed by atoms with van der Waals surface area (Å²) in [6, 6.07) is 8.86. The molecule has 0 saturated carbocycles. The first-order valence-electron chi connectivity index (χ1n) is 10.1. The fourth-order valence-corrected chi connectivity index (χ4v) is 3.27. The number of rotatable bonds is 5. The van der Waals surface area contributed by atoms with Crippen LogP contribution in [0.2, 0.25) is 0 Å². The summed E-state index contributed by atoms with van der Waals surface area (Å²) in [5.41, 5.74) is -2.61. The van der Waals surface area contributed by atoms with Crippen LogP contribution in [-0.4, -0.2) is 24.0 Å². The predicted molar refractivity (Wildman–Crippen MR) is 116 cm³/mol. The molecule has 0 saturated heterocycles. The van der Waals surface area contributed by atoms with E-state index in [4.69, 9.17) is 4.74 Å². The van der Waals surface area contributed by atoms with Crippen molar-refractivity contribution < 1.29 is 36.3 Å². The van der Waals surface area contributed by atoms with E-state index in [-0.39, 0.29) is 11.3 Å². The van der Waals surface area contributed by atoms with Crippen LogP contribution in [0.1, 0.15) is 31.1 Å². The molecule has 0 N–H and O–H groups in total. The van der Waals surface area contributed by atoms with E-state index in [9.17, 15) is 31.5 Å². The topological polar surface area (TPSA) is 46.6 Å². The fraction of sp³-hybridized carbons (Fsp3) is 0.200. The molecule has 0 aliphatic rings. The quantitative estimate of drug-likeness (QED) is 0.333. The fourth-order valence-electron chi connectivity index (χ4n) is 3.27. The maximum Gasteiger partial charge on any atom is 0.326 e. The van der Waals surface area contributed by atoms with E-state index in [2.05, 4.69) is 0 Å². The van der Waals surface area contributed by atoms with Gasteiger partial charge in [0, 0.05) is 17.8 Å². The average molecular weight is 477 g/mol. The third-order valence-electron chi connectivity index (χ3n) is 4.58. The molecule has 178 valence electrons. The Morgan fingerprint density at radius 1 is 0.824 bits per heavy atom. The van der Waals surface area contributed by atoms with E-state index in [1.54, 1.807) is 20.8 Å². The van der Waals surface area contributed by atoms with E-state index in [0.29, 0.717) is 12.1 Å².